The van der Waals surface area contributed by atoms with E-state index in [0.29, 0.717) is 26.1 Å². The Labute approximate surface area is 137 Å². The van der Waals surface area contributed by atoms with Gasteiger partial charge in [0.05, 0.1) is 12.7 Å². The first-order valence-corrected chi connectivity index (χ1v) is 7.88. The smallest absolute Gasteiger partial charge is 0.312 e. The maximum atomic E-state index is 12.2. The Morgan fingerprint density at radius 3 is 2.57 bits per heavy atom. The van der Waals surface area contributed by atoms with Crippen LogP contribution in [0.5, 0.6) is 0 Å². The maximum absolute atomic E-state index is 12.2. The minimum absolute atomic E-state index is 0.123. The molecule has 0 unspecified atom stereocenters. The number of amides is 2. The summed E-state index contributed by atoms with van der Waals surface area (Å²) in [4.78, 5) is 25.4. The molecule has 0 fully saturated rings. The topological polar surface area (TPSA) is 78.9 Å². The molecule has 128 valence electrons. The Hall–Kier alpha value is -1.92. The number of rotatable bonds is 9. The third-order valence-corrected chi connectivity index (χ3v) is 3.13. The largest absolute Gasteiger partial charge is 0.395 e. The van der Waals surface area contributed by atoms with Crippen LogP contribution in [0.3, 0.4) is 0 Å². The number of nitrogens with zero attached hydrogens (tertiary/aromatic N) is 1. The highest BCUT2D eigenvalue weighted by Gasteiger charge is 2.21. The lowest BCUT2D eigenvalue weighted by atomic mass is 10.2. The summed E-state index contributed by atoms with van der Waals surface area (Å²) in [6, 6.07) is 9.36. The van der Waals surface area contributed by atoms with E-state index < -0.39 is 11.8 Å². The van der Waals surface area contributed by atoms with Crippen molar-refractivity contribution in [2.24, 2.45) is 0 Å². The molecule has 6 heteroatoms. The molecule has 0 atom stereocenters. The molecule has 0 bridgehead atoms. The standard InChI is InChI=1S/C17H26N2O4/c1-14(2)23-12-6-9-18-16(21)17(22)19(10-11-20)13-15-7-4-3-5-8-15/h3-5,7-8,14,20H,6,9-13H2,1-2H3,(H,18,21). The van der Waals surface area contributed by atoms with Crippen LogP contribution in [-0.4, -0.2) is 54.2 Å². The van der Waals surface area contributed by atoms with Crippen molar-refractivity contribution in [1.82, 2.24) is 10.2 Å². The van der Waals surface area contributed by atoms with Gasteiger partial charge in [-0.3, -0.25) is 9.59 Å². The zero-order valence-corrected chi connectivity index (χ0v) is 13.8. The van der Waals surface area contributed by atoms with Gasteiger partial charge in [0, 0.05) is 26.2 Å². The van der Waals surface area contributed by atoms with Gasteiger partial charge in [0.1, 0.15) is 0 Å². The maximum Gasteiger partial charge on any atom is 0.312 e. The Balaban J connectivity index is 2.44. The SMILES string of the molecule is CC(C)OCCCNC(=O)C(=O)N(CCO)Cc1ccccc1. The summed E-state index contributed by atoms with van der Waals surface area (Å²) in [6.45, 7) is 5.04. The molecule has 6 nitrogen and oxygen atoms in total. The van der Waals surface area contributed by atoms with E-state index in [2.05, 4.69) is 5.32 Å². The van der Waals surface area contributed by atoms with E-state index in [1.54, 1.807) is 0 Å². The summed E-state index contributed by atoms with van der Waals surface area (Å²) >= 11 is 0. The number of hydrogen-bond acceptors (Lipinski definition) is 4. The van der Waals surface area contributed by atoms with Crippen LogP contribution in [0.25, 0.3) is 0 Å². The van der Waals surface area contributed by atoms with Crippen LogP contribution in [-0.2, 0) is 20.9 Å². The fraction of sp³-hybridized carbons (Fsp3) is 0.529. The average molecular weight is 322 g/mol. The van der Waals surface area contributed by atoms with Crippen LogP contribution in [0.1, 0.15) is 25.8 Å². The summed E-state index contributed by atoms with van der Waals surface area (Å²) in [5.74, 6) is -1.29. The van der Waals surface area contributed by atoms with Gasteiger partial charge >= 0.3 is 11.8 Å². The molecular formula is C17H26N2O4. The third-order valence-electron chi connectivity index (χ3n) is 3.13. The van der Waals surface area contributed by atoms with Crippen LogP contribution in [0.4, 0.5) is 0 Å². The van der Waals surface area contributed by atoms with Gasteiger partial charge in [-0.05, 0) is 25.8 Å². The fourth-order valence-corrected chi connectivity index (χ4v) is 1.99. The molecule has 0 saturated carbocycles. The van der Waals surface area contributed by atoms with E-state index in [-0.39, 0.29) is 19.3 Å². The number of carbonyl (C=O) groups is 2. The first-order chi connectivity index (χ1) is 11.0. The van der Waals surface area contributed by atoms with Gasteiger partial charge in [0.15, 0.2) is 0 Å². The number of hydrogen-bond donors (Lipinski definition) is 2. The van der Waals surface area contributed by atoms with E-state index in [1.165, 1.54) is 4.90 Å². The molecule has 0 aromatic heterocycles. The van der Waals surface area contributed by atoms with Gasteiger partial charge in [-0.25, -0.2) is 0 Å². The Kier molecular flexibility index (Phi) is 8.94. The highest BCUT2D eigenvalue weighted by molar-refractivity contribution is 6.34. The predicted molar refractivity (Wildman–Crippen MR) is 87.7 cm³/mol. The predicted octanol–water partition coefficient (Wildman–Crippen LogP) is 0.939. The normalized spacial score (nSPS) is 10.6. The first kappa shape index (κ1) is 19.1. The molecule has 0 saturated heterocycles. The van der Waals surface area contributed by atoms with Gasteiger partial charge in [-0.15, -0.1) is 0 Å². The quantitative estimate of drug-likeness (QED) is 0.524. The monoisotopic (exact) mass is 322 g/mol. The van der Waals surface area contributed by atoms with Gasteiger partial charge < -0.3 is 20.1 Å². The molecule has 1 rings (SSSR count). The van der Waals surface area contributed by atoms with Crippen molar-refractivity contribution in [2.45, 2.75) is 32.9 Å². The van der Waals surface area contributed by atoms with Gasteiger partial charge in [-0.1, -0.05) is 30.3 Å². The van der Waals surface area contributed by atoms with Crippen molar-refractivity contribution in [2.75, 3.05) is 26.3 Å². The summed E-state index contributed by atoms with van der Waals surface area (Å²) in [5, 5.41) is 11.7. The molecule has 1 aromatic carbocycles. The van der Waals surface area contributed by atoms with Gasteiger partial charge in [0.25, 0.3) is 0 Å². The van der Waals surface area contributed by atoms with Crippen molar-refractivity contribution in [3.8, 4) is 0 Å². The lowest BCUT2D eigenvalue weighted by molar-refractivity contribution is -0.146. The summed E-state index contributed by atoms with van der Waals surface area (Å²) in [7, 11) is 0. The number of aliphatic hydroxyl groups is 1. The molecule has 0 aliphatic rings. The minimum Gasteiger partial charge on any atom is -0.395 e. The van der Waals surface area contributed by atoms with Crippen molar-refractivity contribution < 1.29 is 19.4 Å². The molecule has 1 aromatic rings. The second-order valence-corrected chi connectivity index (χ2v) is 5.46. The Bertz CT molecular complexity index is 477. The summed E-state index contributed by atoms with van der Waals surface area (Å²) in [6.07, 6.45) is 0.800. The average Bonchev–Trinajstić information content (AvgIpc) is 2.54. The Morgan fingerprint density at radius 1 is 1.26 bits per heavy atom. The molecule has 0 heterocycles. The molecule has 0 radical (unpaired) electrons. The van der Waals surface area contributed by atoms with Crippen LogP contribution >= 0.6 is 0 Å². The summed E-state index contributed by atoms with van der Waals surface area (Å²) < 4.78 is 5.37. The van der Waals surface area contributed by atoms with Crippen molar-refractivity contribution in [3.05, 3.63) is 35.9 Å². The second-order valence-electron chi connectivity index (χ2n) is 5.46. The molecule has 23 heavy (non-hydrogen) atoms. The van der Waals surface area contributed by atoms with E-state index in [4.69, 9.17) is 9.84 Å². The number of benzene rings is 1. The van der Waals surface area contributed by atoms with Crippen LogP contribution in [0.15, 0.2) is 30.3 Å². The third kappa shape index (κ3) is 7.76. The second kappa shape index (κ2) is 10.7. The lowest BCUT2D eigenvalue weighted by Crippen LogP contribution is -2.44. The van der Waals surface area contributed by atoms with Crippen molar-refractivity contribution in [3.63, 3.8) is 0 Å². The number of aliphatic hydroxyl groups excluding tert-OH is 1. The molecule has 0 aliphatic carbocycles. The minimum atomic E-state index is -0.654. The zero-order valence-electron chi connectivity index (χ0n) is 13.8. The molecule has 2 amide bonds. The highest BCUT2D eigenvalue weighted by atomic mass is 16.5. The molecule has 0 aliphatic heterocycles. The molecule has 2 N–H and O–H groups in total. The zero-order chi connectivity index (χ0) is 17.1. The van der Waals surface area contributed by atoms with Gasteiger partial charge in [-0.2, -0.15) is 0 Å². The molecule has 0 spiro atoms. The van der Waals surface area contributed by atoms with Gasteiger partial charge in [0.2, 0.25) is 0 Å². The van der Waals surface area contributed by atoms with Crippen molar-refractivity contribution >= 4 is 11.8 Å². The number of nitrogens with one attached hydrogen (secondary N) is 1. The first-order valence-electron chi connectivity index (χ1n) is 7.88. The number of carbonyl (C=O) groups excluding carboxylic acids is 2. The summed E-state index contributed by atoms with van der Waals surface area (Å²) in [5.41, 5.74) is 0.910. The van der Waals surface area contributed by atoms with Crippen molar-refractivity contribution in [1.29, 1.82) is 0 Å². The lowest BCUT2D eigenvalue weighted by Gasteiger charge is -2.21. The molecular weight excluding hydrogens is 296 g/mol. The Morgan fingerprint density at radius 2 is 1.96 bits per heavy atom. The van der Waals surface area contributed by atoms with E-state index in [9.17, 15) is 9.59 Å². The highest BCUT2D eigenvalue weighted by Crippen LogP contribution is 2.04. The van der Waals surface area contributed by atoms with E-state index in [1.807, 2.05) is 44.2 Å². The van der Waals surface area contributed by atoms with Crippen LogP contribution in [0.2, 0.25) is 0 Å². The van der Waals surface area contributed by atoms with Crippen LogP contribution in [0, 0.1) is 0 Å². The van der Waals surface area contributed by atoms with E-state index in [0.717, 1.165) is 5.56 Å². The van der Waals surface area contributed by atoms with E-state index >= 15 is 0 Å². The fourth-order valence-electron chi connectivity index (χ4n) is 1.99. The number of ether oxygens (including phenoxy) is 1. The van der Waals surface area contributed by atoms with Crippen LogP contribution < -0.4 is 5.32 Å².